The van der Waals surface area contributed by atoms with Crippen LogP contribution in [-0.2, 0) is 38.6 Å². The lowest BCUT2D eigenvalue weighted by Crippen LogP contribution is -2.41. The summed E-state index contributed by atoms with van der Waals surface area (Å²) in [7, 11) is -6.50. The van der Waals surface area contributed by atoms with Crippen molar-refractivity contribution in [1.82, 2.24) is 10.6 Å². The summed E-state index contributed by atoms with van der Waals surface area (Å²) in [5.74, 6) is -0.801. The zero-order valence-electron chi connectivity index (χ0n) is 17.0. The fourth-order valence-corrected chi connectivity index (χ4v) is 8.07. The second kappa shape index (κ2) is 12.4. The van der Waals surface area contributed by atoms with E-state index in [1.54, 1.807) is 0 Å². The van der Waals surface area contributed by atoms with E-state index in [1.807, 2.05) is 0 Å². The molecule has 0 aromatic rings. The molecule has 2 N–H and O–H groups in total. The van der Waals surface area contributed by atoms with Gasteiger partial charge < -0.3 is 29.6 Å². The van der Waals surface area contributed by atoms with Gasteiger partial charge in [-0.05, 0) is 0 Å². The Morgan fingerprint density at radius 3 is 1.31 bits per heavy atom. The summed E-state index contributed by atoms with van der Waals surface area (Å²) in [5.41, 5.74) is 0. The number of ether oxygens (including phenoxy) is 4. The summed E-state index contributed by atoms with van der Waals surface area (Å²) in [6.45, 7) is 0.533. The molecule has 186 valence electrons. The maximum atomic E-state index is 11.6. The molecule has 0 aromatic heterocycles. The lowest BCUT2D eigenvalue weighted by atomic mass is 10.3. The minimum atomic E-state index is -3.25. The highest BCUT2D eigenvalue weighted by molar-refractivity contribution is 7.92. The van der Waals surface area contributed by atoms with Gasteiger partial charge in [-0.3, -0.25) is 0 Å². The fourth-order valence-electron chi connectivity index (χ4n) is 2.97. The van der Waals surface area contributed by atoms with E-state index in [1.165, 1.54) is 0 Å². The second-order valence-electron chi connectivity index (χ2n) is 7.18. The molecular formula is C16H26Cl2N2O10S2. The highest BCUT2D eigenvalue weighted by Gasteiger charge is 2.38. The van der Waals surface area contributed by atoms with E-state index in [9.17, 15) is 26.4 Å². The van der Waals surface area contributed by atoms with Gasteiger partial charge in [0.2, 0.25) is 0 Å². The molecule has 2 rings (SSSR count). The molecule has 0 radical (unpaired) electrons. The maximum Gasteiger partial charge on any atom is 0.407 e. The molecule has 0 aliphatic carbocycles. The number of alkyl carbamates (subject to hydrolysis) is 2. The minimum Gasteiger partial charge on any atom is -0.447 e. The average molecular weight is 541 g/mol. The number of nitrogens with one attached hydrogen (secondary N) is 2. The summed E-state index contributed by atoms with van der Waals surface area (Å²) in [4.78, 5) is 23.3. The van der Waals surface area contributed by atoms with Gasteiger partial charge in [0, 0.05) is 0 Å². The summed E-state index contributed by atoms with van der Waals surface area (Å²) in [5, 5.41) is 3.45. The Hall–Kier alpha value is -1.06. The van der Waals surface area contributed by atoms with Gasteiger partial charge in [-0.15, -0.1) is 23.2 Å². The molecule has 32 heavy (non-hydrogen) atoms. The third-order valence-electron chi connectivity index (χ3n) is 4.47. The Bertz CT molecular complexity index is 785. The van der Waals surface area contributed by atoms with E-state index in [0.29, 0.717) is 0 Å². The van der Waals surface area contributed by atoms with Crippen molar-refractivity contribution in [3.63, 3.8) is 0 Å². The third-order valence-corrected chi connectivity index (χ3v) is 9.22. The van der Waals surface area contributed by atoms with Crippen molar-refractivity contribution >= 4 is 55.1 Å². The number of hydrogen-bond acceptors (Lipinski definition) is 10. The second-order valence-corrected chi connectivity index (χ2v) is 12.6. The fraction of sp³-hybridized carbons (Fsp3) is 0.875. The molecule has 4 atom stereocenters. The summed E-state index contributed by atoms with van der Waals surface area (Å²) < 4.78 is 65.9. The summed E-state index contributed by atoms with van der Waals surface area (Å²) in [6, 6.07) is -1.37. The van der Waals surface area contributed by atoms with Crippen molar-refractivity contribution < 1.29 is 45.4 Å². The van der Waals surface area contributed by atoms with Crippen LogP contribution in [0.2, 0.25) is 0 Å². The molecule has 0 saturated carbocycles. The molecule has 16 heteroatoms. The Balaban J connectivity index is 1.41. The Morgan fingerprint density at radius 1 is 0.656 bits per heavy atom. The first-order valence-electron chi connectivity index (χ1n) is 9.68. The molecule has 12 nitrogen and oxygen atoms in total. The number of hydrogen-bond donors (Lipinski definition) is 2. The molecule has 2 fully saturated rings. The van der Waals surface area contributed by atoms with Gasteiger partial charge in [0.05, 0.1) is 72.3 Å². The number of carbonyl (C=O) groups is 2. The molecular weight excluding hydrogens is 515 g/mol. The van der Waals surface area contributed by atoms with Crippen LogP contribution in [0.15, 0.2) is 0 Å². The first kappa shape index (κ1) is 27.2. The van der Waals surface area contributed by atoms with E-state index in [-0.39, 0.29) is 62.7 Å². The van der Waals surface area contributed by atoms with Crippen LogP contribution >= 0.6 is 23.2 Å². The molecule has 2 saturated heterocycles. The van der Waals surface area contributed by atoms with E-state index in [0.717, 1.165) is 0 Å². The number of halogens is 2. The molecule has 0 aromatic carbocycles. The van der Waals surface area contributed by atoms with Crippen molar-refractivity contribution in [1.29, 1.82) is 0 Å². The molecule has 0 bridgehead atoms. The average Bonchev–Trinajstić information content (AvgIpc) is 3.08. The van der Waals surface area contributed by atoms with Crippen molar-refractivity contribution in [2.75, 3.05) is 62.7 Å². The van der Waals surface area contributed by atoms with Gasteiger partial charge in [0.15, 0.2) is 19.7 Å². The largest absolute Gasteiger partial charge is 0.447 e. The highest BCUT2D eigenvalue weighted by Crippen LogP contribution is 2.18. The Kier molecular flexibility index (Phi) is 10.5. The smallest absolute Gasteiger partial charge is 0.407 e. The van der Waals surface area contributed by atoms with Gasteiger partial charge in [-0.2, -0.15) is 0 Å². The maximum absolute atomic E-state index is 11.6. The van der Waals surface area contributed by atoms with E-state index >= 15 is 0 Å². The monoisotopic (exact) mass is 540 g/mol. The van der Waals surface area contributed by atoms with Crippen LogP contribution in [0.4, 0.5) is 9.59 Å². The first-order chi connectivity index (χ1) is 15.0. The number of amides is 2. The predicted octanol–water partition coefficient (Wildman–Crippen LogP) is -0.719. The van der Waals surface area contributed by atoms with Gasteiger partial charge in [-0.1, -0.05) is 0 Å². The first-order valence-corrected chi connectivity index (χ1v) is 14.2. The molecule has 2 aliphatic rings. The van der Waals surface area contributed by atoms with Crippen molar-refractivity contribution in [2.24, 2.45) is 0 Å². The van der Waals surface area contributed by atoms with Crippen molar-refractivity contribution in [3.8, 4) is 0 Å². The van der Waals surface area contributed by atoms with Gasteiger partial charge in [0.1, 0.15) is 13.2 Å². The zero-order chi connectivity index (χ0) is 23.8. The van der Waals surface area contributed by atoms with Crippen molar-refractivity contribution in [3.05, 3.63) is 0 Å². The SMILES string of the molecule is O=C(NC1CS(=O)(=O)CC1Cl)OCCOCCOCCOC(=O)NC1CS(=O)(=O)CC1Cl. The number of rotatable bonds is 11. The van der Waals surface area contributed by atoms with Gasteiger partial charge in [-0.25, -0.2) is 26.4 Å². The Labute approximate surface area is 196 Å². The standard InChI is InChI=1S/C16H26Cl2N2O10S2/c17-11-7-31(23,24)9-13(11)19-15(21)29-5-3-27-1-2-28-4-6-30-16(22)20-14-10-32(25,26)8-12(14)18/h11-14H,1-10H2,(H,19,21)(H,20,22). The highest BCUT2D eigenvalue weighted by atomic mass is 35.5. The van der Waals surface area contributed by atoms with Crippen LogP contribution in [0.25, 0.3) is 0 Å². The van der Waals surface area contributed by atoms with Crippen LogP contribution in [-0.4, -0.2) is 115 Å². The number of carbonyl (C=O) groups excluding carboxylic acids is 2. The molecule has 0 spiro atoms. The molecule has 4 unspecified atom stereocenters. The Morgan fingerprint density at radius 2 is 1.00 bits per heavy atom. The van der Waals surface area contributed by atoms with Crippen LogP contribution in [0.3, 0.4) is 0 Å². The molecule has 2 amide bonds. The van der Waals surface area contributed by atoms with E-state index < -0.39 is 54.7 Å². The van der Waals surface area contributed by atoms with Crippen LogP contribution in [0.1, 0.15) is 0 Å². The lowest BCUT2D eigenvalue weighted by Gasteiger charge is -2.14. The van der Waals surface area contributed by atoms with Crippen LogP contribution < -0.4 is 10.6 Å². The van der Waals surface area contributed by atoms with E-state index in [2.05, 4.69) is 10.6 Å². The zero-order valence-corrected chi connectivity index (χ0v) is 20.2. The normalized spacial score (nSPS) is 28.2. The van der Waals surface area contributed by atoms with E-state index in [4.69, 9.17) is 42.1 Å². The van der Waals surface area contributed by atoms with Crippen LogP contribution in [0, 0.1) is 0 Å². The predicted molar refractivity (Wildman–Crippen MR) is 115 cm³/mol. The molecule has 2 aliphatic heterocycles. The van der Waals surface area contributed by atoms with Gasteiger partial charge >= 0.3 is 12.2 Å². The number of sulfone groups is 2. The van der Waals surface area contributed by atoms with Gasteiger partial charge in [0.25, 0.3) is 0 Å². The third kappa shape index (κ3) is 9.83. The lowest BCUT2D eigenvalue weighted by molar-refractivity contribution is 0.0152. The molecule has 2 heterocycles. The minimum absolute atomic E-state index is 0.0417. The topological polar surface area (TPSA) is 163 Å². The van der Waals surface area contributed by atoms with Crippen LogP contribution in [0.5, 0.6) is 0 Å². The number of alkyl halides is 2. The summed E-state index contributed by atoms with van der Waals surface area (Å²) in [6.07, 6.45) is -1.55. The van der Waals surface area contributed by atoms with Crippen molar-refractivity contribution in [2.45, 2.75) is 22.8 Å². The quantitative estimate of drug-likeness (QED) is 0.252. The summed E-state index contributed by atoms with van der Waals surface area (Å²) >= 11 is 11.8.